The Morgan fingerprint density at radius 1 is 1.00 bits per heavy atom. The van der Waals surface area contributed by atoms with E-state index in [0.29, 0.717) is 0 Å². The number of alkyl halides is 1. The van der Waals surface area contributed by atoms with Gasteiger partial charge in [0, 0.05) is 9.58 Å². The zero-order valence-corrected chi connectivity index (χ0v) is 10.8. The first-order valence-electron chi connectivity index (χ1n) is 5.00. The van der Waals surface area contributed by atoms with Crippen LogP contribution < -0.4 is 0 Å². The minimum Gasteiger partial charge on any atom is -0.147 e. The summed E-state index contributed by atoms with van der Waals surface area (Å²) in [7, 11) is 0. The quantitative estimate of drug-likeness (QED) is 0.552. The number of benzene rings is 1. The van der Waals surface area contributed by atoms with Crippen molar-refractivity contribution in [3.8, 4) is 0 Å². The minimum atomic E-state index is -0.0175. The predicted molar refractivity (Wildman–Crippen MR) is 73.8 cm³/mol. The maximum Gasteiger partial charge on any atom is 0.0941 e. The zero-order chi connectivity index (χ0) is 11.0. The molecule has 0 N–H and O–H groups in total. The monoisotopic (exact) mass is 264 g/mol. The summed E-state index contributed by atoms with van der Waals surface area (Å²) < 4.78 is 1.31. The molecule has 3 rings (SSSR count). The van der Waals surface area contributed by atoms with Crippen LogP contribution in [0.5, 0.6) is 0 Å². The average molecular weight is 265 g/mol. The molecule has 2 aromatic heterocycles. The highest BCUT2D eigenvalue weighted by molar-refractivity contribution is 7.17. The van der Waals surface area contributed by atoms with Crippen LogP contribution in [0, 0.1) is 0 Å². The van der Waals surface area contributed by atoms with Gasteiger partial charge < -0.3 is 0 Å². The van der Waals surface area contributed by atoms with E-state index in [4.69, 9.17) is 11.6 Å². The molecule has 0 spiro atoms. The molecule has 0 bridgehead atoms. The Kier molecular flexibility index (Phi) is 2.72. The summed E-state index contributed by atoms with van der Waals surface area (Å²) in [6.07, 6.45) is 0. The molecule has 0 saturated carbocycles. The van der Waals surface area contributed by atoms with Gasteiger partial charge in [-0.1, -0.05) is 24.3 Å². The highest BCUT2D eigenvalue weighted by atomic mass is 35.5. The molecule has 1 unspecified atom stereocenters. The maximum atomic E-state index is 6.51. The Morgan fingerprint density at radius 3 is 2.69 bits per heavy atom. The largest absolute Gasteiger partial charge is 0.147 e. The number of hydrogen-bond donors (Lipinski definition) is 0. The van der Waals surface area contributed by atoms with E-state index in [-0.39, 0.29) is 5.38 Å². The van der Waals surface area contributed by atoms with Crippen molar-refractivity contribution in [1.82, 2.24) is 0 Å². The molecule has 3 heteroatoms. The van der Waals surface area contributed by atoms with Gasteiger partial charge in [0.25, 0.3) is 0 Å². The maximum absolute atomic E-state index is 6.51. The van der Waals surface area contributed by atoms with Crippen molar-refractivity contribution < 1.29 is 0 Å². The fraction of sp³-hybridized carbons (Fsp3) is 0.0769. The van der Waals surface area contributed by atoms with Crippen molar-refractivity contribution in [3.05, 3.63) is 57.6 Å². The summed E-state index contributed by atoms with van der Waals surface area (Å²) in [4.78, 5) is 1.21. The number of fused-ring (bicyclic) bond motifs is 1. The average Bonchev–Trinajstić information content (AvgIpc) is 2.98. The Hall–Kier alpha value is -0.830. The molecule has 0 aliphatic heterocycles. The Balaban J connectivity index is 2.12. The SMILES string of the molecule is ClC(c1cccs1)c1csc2ccccc12. The predicted octanol–water partition coefficient (Wildman–Crippen LogP) is 5.29. The molecule has 80 valence electrons. The molecule has 0 aliphatic rings. The number of halogens is 1. The second-order valence-corrected chi connectivity index (χ2v) is 5.89. The van der Waals surface area contributed by atoms with E-state index >= 15 is 0 Å². The lowest BCUT2D eigenvalue weighted by atomic mass is 10.1. The summed E-state index contributed by atoms with van der Waals surface area (Å²) in [5, 5.41) is 5.50. The third kappa shape index (κ3) is 1.67. The second kappa shape index (κ2) is 4.21. The van der Waals surface area contributed by atoms with Gasteiger partial charge >= 0.3 is 0 Å². The molecule has 1 aromatic carbocycles. The van der Waals surface area contributed by atoms with Gasteiger partial charge in [-0.2, -0.15) is 0 Å². The zero-order valence-electron chi connectivity index (χ0n) is 8.39. The second-order valence-electron chi connectivity index (χ2n) is 3.57. The van der Waals surface area contributed by atoms with Crippen LogP contribution in [0.4, 0.5) is 0 Å². The molecule has 0 radical (unpaired) electrons. The first-order chi connectivity index (χ1) is 7.86. The van der Waals surface area contributed by atoms with Crippen molar-refractivity contribution in [2.24, 2.45) is 0 Å². The van der Waals surface area contributed by atoms with Gasteiger partial charge in [0.05, 0.1) is 5.38 Å². The third-order valence-corrected chi connectivity index (χ3v) is 5.10. The Labute approximate surface area is 107 Å². The van der Waals surface area contributed by atoms with Crippen molar-refractivity contribution >= 4 is 44.4 Å². The number of hydrogen-bond acceptors (Lipinski definition) is 2. The van der Waals surface area contributed by atoms with E-state index in [1.54, 1.807) is 22.7 Å². The van der Waals surface area contributed by atoms with Gasteiger partial charge in [-0.15, -0.1) is 34.3 Å². The van der Waals surface area contributed by atoms with Crippen LogP contribution in [0.3, 0.4) is 0 Å². The van der Waals surface area contributed by atoms with Crippen molar-refractivity contribution in [3.63, 3.8) is 0 Å². The number of thiophene rings is 2. The van der Waals surface area contributed by atoms with Crippen LogP contribution in [-0.2, 0) is 0 Å². The first kappa shape index (κ1) is 10.3. The molecule has 16 heavy (non-hydrogen) atoms. The standard InChI is InChI=1S/C13H9ClS2/c14-13(12-6-3-7-15-12)10-8-16-11-5-2-1-4-9(10)11/h1-8,13H. The van der Waals surface area contributed by atoms with Crippen LogP contribution in [-0.4, -0.2) is 0 Å². The van der Waals surface area contributed by atoms with E-state index in [1.807, 2.05) is 6.07 Å². The van der Waals surface area contributed by atoms with Crippen LogP contribution in [0.1, 0.15) is 15.8 Å². The van der Waals surface area contributed by atoms with E-state index in [9.17, 15) is 0 Å². The van der Waals surface area contributed by atoms with Crippen LogP contribution >= 0.6 is 34.3 Å². The van der Waals surface area contributed by atoms with Crippen molar-refractivity contribution in [1.29, 1.82) is 0 Å². The van der Waals surface area contributed by atoms with Crippen molar-refractivity contribution in [2.75, 3.05) is 0 Å². The first-order valence-corrected chi connectivity index (χ1v) is 7.19. The molecule has 0 nitrogen and oxygen atoms in total. The van der Waals surface area contributed by atoms with Gasteiger partial charge in [-0.05, 0) is 33.8 Å². The van der Waals surface area contributed by atoms with Crippen LogP contribution in [0.2, 0.25) is 0 Å². The summed E-state index contributed by atoms with van der Waals surface area (Å²) in [5.74, 6) is 0. The Bertz CT molecular complexity index is 595. The lowest BCUT2D eigenvalue weighted by Crippen LogP contribution is -1.87. The normalized spacial score (nSPS) is 13.1. The molecule has 0 aliphatic carbocycles. The lowest BCUT2D eigenvalue weighted by molar-refractivity contribution is 1.22. The van der Waals surface area contributed by atoms with Gasteiger partial charge in [0.15, 0.2) is 0 Å². The fourth-order valence-electron chi connectivity index (χ4n) is 1.78. The highest BCUT2D eigenvalue weighted by Gasteiger charge is 2.15. The van der Waals surface area contributed by atoms with E-state index in [1.165, 1.54) is 20.5 Å². The van der Waals surface area contributed by atoms with Gasteiger partial charge in [-0.3, -0.25) is 0 Å². The van der Waals surface area contributed by atoms with E-state index < -0.39 is 0 Å². The highest BCUT2D eigenvalue weighted by Crippen LogP contribution is 2.38. The molecular formula is C13H9ClS2. The van der Waals surface area contributed by atoms with E-state index in [0.717, 1.165) is 0 Å². The summed E-state index contributed by atoms with van der Waals surface area (Å²) in [6.45, 7) is 0. The van der Waals surface area contributed by atoms with Gasteiger partial charge in [0.1, 0.15) is 0 Å². The summed E-state index contributed by atoms with van der Waals surface area (Å²) >= 11 is 9.98. The van der Waals surface area contributed by atoms with Gasteiger partial charge in [0.2, 0.25) is 0 Å². The molecular weight excluding hydrogens is 256 g/mol. The molecule has 0 amide bonds. The Morgan fingerprint density at radius 2 is 1.88 bits per heavy atom. The molecule has 3 aromatic rings. The number of rotatable bonds is 2. The molecule has 0 fully saturated rings. The third-order valence-electron chi connectivity index (χ3n) is 2.58. The lowest BCUT2D eigenvalue weighted by Gasteiger charge is -2.05. The summed E-state index contributed by atoms with van der Waals surface area (Å²) in [6, 6.07) is 12.6. The smallest absolute Gasteiger partial charge is 0.0941 e. The summed E-state index contributed by atoms with van der Waals surface area (Å²) in [5.41, 5.74) is 1.23. The van der Waals surface area contributed by atoms with E-state index in [2.05, 4.69) is 41.1 Å². The molecule has 2 heterocycles. The molecule has 0 saturated heterocycles. The van der Waals surface area contributed by atoms with Gasteiger partial charge in [-0.25, -0.2) is 0 Å². The topological polar surface area (TPSA) is 0 Å². The molecule has 1 atom stereocenters. The van der Waals surface area contributed by atoms with Crippen LogP contribution in [0.25, 0.3) is 10.1 Å². The van der Waals surface area contributed by atoms with Crippen LogP contribution in [0.15, 0.2) is 47.2 Å². The minimum absolute atomic E-state index is 0.0175. The fourth-order valence-corrected chi connectivity index (χ4v) is 3.97. The van der Waals surface area contributed by atoms with Crippen molar-refractivity contribution in [2.45, 2.75) is 5.38 Å².